The summed E-state index contributed by atoms with van der Waals surface area (Å²) in [6, 6.07) is 32.8. The minimum atomic E-state index is 0. The molecule has 0 amide bonds. The number of hydrogen-bond acceptors (Lipinski definition) is 0. The smallest absolute Gasteiger partial charge is 0 e. The Balaban J connectivity index is 0. The average molecular weight is 553 g/mol. The Morgan fingerprint density at radius 1 is 0.522 bits per heavy atom. The summed E-state index contributed by atoms with van der Waals surface area (Å²) in [6.45, 7) is 6.08. The van der Waals surface area contributed by atoms with E-state index in [9.17, 15) is 0 Å². The molecule has 0 bridgehead atoms. The van der Waals surface area contributed by atoms with Gasteiger partial charge in [-0.2, -0.15) is 108 Å². The fourth-order valence-electron chi connectivity index (χ4n) is 1.45. The zero-order chi connectivity index (χ0) is 15.3. The molecular formula is C21H21MoW-3. The Morgan fingerprint density at radius 2 is 0.783 bits per heavy atom. The van der Waals surface area contributed by atoms with Crippen LogP contribution in [0.2, 0.25) is 0 Å². The van der Waals surface area contributed by atoms with Gasteiger partial charge in [-0.25, -0.2) is 0 Å². The Morgan fingerprint density at radius 3 is 0.870 bits per heavy atom. The summed E-state index contributed by atoms with van der Waals surface area (Å²) < 4.78 is 0. The molecule has 0 atom stereocenters. The van der Waals surface area contributed by atoms with E-state index in [1.807, 2.05) is 93.6 Å². The molecule has 0 saturated heterocycles. The Hall–Kier alpha value is -0.963. The largest absolute Gasteiger partial charge is 0.181 e. The van der Waals surface area contributed by atoms with Crippen LogP contribution in [0, 0.1) is 39.0 Å². The van der Waals surface area contributed by atoms with Crippen LogP contribution in [-0.4, -0.2) is 0 Å². The van der Waals surface area contributed by atoms with E-state index in [0.29, 0.717) is 0 Å². The van der Waals surface area contributed by atoms with Crippen LogP contribution >= 0.6 is 0 Å². The van der Waals surface area contributed by atoms with E-state index < -0.39 is 0 Å². The van der Waals surface area contributed by atoms with Crippen LogP contribution in [0.4, 0.5) is 0 Å². The number of rotatable bonds is 0. The molecule has 0 spiro atoms. The van der Waals surface area contributed by atoms with Crippen molar-refractivity contribution in [2.75, 3.05) is 0 Å². The van der Waals surface area contributed by atoms with E-state index in [-0.39, 0.29) is 42.1 Å². The fourth-order valence-corrected chi connectivity index (χ4v) is 1.45. The molecule has 0 saturated carbocycles. The van der Waals surface area contributed by atoms with Gasteiger partial charge in [0.2, 0.25) is 0 Å². The molecule has 0 radical (unpaired) electrons. The van der Waals surface area contributed by atoms with E-state index in [1.54, 1.807) is 0 Å². The van der Waals surface area contributed by atoms with E-state index in [0.717, 1.165) is 0 Å². The van der Waals surface area contributed by atoms with E-state index >= 15 is 0 Å². The summed E-state index contributed by atoms with van der Waals surface area (Å²) in [5, 5.41) is 0. The monoisotopic (exact) mass is 555 g/mol. The SMILES string of the molecule is Cc1[c-]cccc1.Cc1[c-]cccc1.Cc1[c-]cccc1.[Mo].[W]. The van der Waals surface area contributed by atoms with Gasteiger partial charge in [0.15, 0.2) is 0 Å². The summed E-state index contributed by atoms with van der Waals surface area (Å²) in [5.41, 5.74) is 3.59. The number of hydrogen-bond donors (Lipinski definition) is 0. The molecule has 3 aromatic rings. The molecule has 0 nitrogen and oxygen atoms in total. The topological polar surface area (TPSA) is 0 Å². The molecule has 3 rings (SSSR count). The first-order valence-electron chi connectivity index (χ1n) is 6.98. The van der Waals surface area contributed by atoms with Crippen LogP contribution in [0.5, 0.6) is 0 Å². The van der Waals surface area contributed by atoms with E-state index in [2.05, 4.69) is 18.2 Å². The van der Waals surface area contributed by atoms with Gasteiger partial charge in [0.1, 0.15) is 0 Å². The predicted molar refractivity (Wildman–Crippen MR) is 90.0 cm³/mol. The Kier molecular flexibility index (Phi) is 16.8. The van der Waals surface area contributed by atoms with Gasteiger partial charge in [0.05, 0.1) is 0 Å². The predicted octanol–water partition coefficient (Wildman–Crippen LogP) is 5.38. The first-order valence-corrected chi connectivity index (χ1v) is 6.98. The van der Waals surface area contributed by atoms with Crippen molar-refractivity contribution >= 4 is 0 Å². The van der Waals surface area contributed by atoms with Crippen molar-refractivity contribution in [3.63, 3.8) is 0 Å². The van der Waals surface area contributed by atoms with Gasteiger partial charge in [0, 0.05) is 42.1 Å². The van der Waals surface area contributed by atoms with Crippen LogP contribution in [-0.2, 0) is 42.1 Å². The van der Waals surface area contributed by atoms with Crippen molar-refractivity contribution in [2.24, 2.45) is 0 Å². The maximum atomic E-state index is 3.03. The molecule has 2 heteroatoms. The quantitative estimate of drug-likeness (QED) is 0.259. The zero-order valence-electron chi connectivity index (χ0n) is 13.7. The molecular weight excluding hydrogens is 532 g/mol. The summed E-state index contributed by atoms with van der Waals surface area (Å²) in [7, 11) is 0. The maximum absolute atomic E-state index is 3.03. The maximum Gasteiger partial charge on any atom is 0 e. The zero-order valence-corrected chi connectivity index (χ0v) is 18.7. The Bertz CT molecular complexity index is 491. The van der Waals surface area contributed by atoms with Crippen molar-refractivity contribution in [2.45, 2.75) is 20.8 Å². The van der Waals surface area contributed by atoms with Gasteiger partial charge in [-0.05, 0) is 0 Å². The Labute approximate surface area is 169 Å². The van der Waals surface area contributed by atoms with E-state index in [1.165, 1.54) is 16.7 Å². The van der Waals surface area contributed by atoms with Crippen LogP contribution in [0.15, 0.2) is 72.8 Å². The fraction of sp³-hybridized carbons (Fsp3) is 0.143. The minimum absolute atomic E-state index is 0. The molecule has 0 fully saturated rings. The third-order valence-corrected chi connectivity index (χ3v) is 2.59. The second-order valence-electron chi connectivity index (χ2n) is 4.64. The normalized spacial score (nSPS) is 7.96. The first-order chi connectivity index (χ1) is 10.2. The van der Waals surface area contributed by atoms with Crippen molar-refractivity contribution in [3.8, 4) is 0 Å². The van der Waals surface area contributed by atoms with Crippen molar-refractivity contribution in [3.05, 3.63) is 108 Å². The summed E-state index contributed by atoms with van der Waals surface area (Å²) >= 11 is 0. The molecule has 0 aliphatic rings. The summed E-state index contributed by atoms with van der Waals surface area (Å²) in [6.07, 6.45) is 0. The molecule has 0 aromatic heterocycles. The average Bonchev–Trinajstić information content (AvgIpc) is 2.51. The van der Waals surface area contributed by atoms with Crippen molar-refractivity contribution in [1.82, 2.24) is 0 Å². The molecule has 0 unspecified atom stereocenters. The summed E-state index contributed by atoms with van der Waals surface area (Å²) in [5.74, 6) is 0. The van der Waals surface area contributed by atoms with Gasteiger partial charge in [-0.3, -0.25) is 0 Å². The van der Waals surface area contributed by atoms with Crippen LogP contribution in [0.1, 0.15) is 16.7 Å². The van der Waals surface area contributed by atoms with Crippen molar-refractivity contribution < 1.29 is 42.1 Å². The van der Waals surface area contributed by atoms with Gasteiger partial charge in [-0.15, -0.1) is 0 Å². The molecule has 0 aliphatic heterocycles. The molecule has 0 aliphatic carbocycles. The second-order valence-corrected chi connectivity index (χ2v) is 4.64. The molecule has 3 aromatic carbocycles. The van der Waals surface area contributed by atoms with Crippen LogP contribution < -0.4 is 0 Å². The van der Waals surface area contributed by atoms with Gasteiger partial charge in [-0.1, -0.05) is 20.8 Å². The van der Waals surface area contributed by atoms with Crippen molar-refractivity contribution in [1.29, 1.82) is 0 Å². The van der Waals surface area contributed by atoms with E-state index in [4.69, 9.17) is 0 Å². The summed E-state index contributed by atoms with van der Waals surface area (Å²) in [4.78, 5) is 0. The number of aryl methyl sites for hydroxylation is 3. The van der Waals surface area contributed by atoms with Crippen LogP contribution in [0.3, 0.4) is 0 Å². The molecule has 120 valence electrons. The molecule has 23 heavy (non-hydrogen) atoms. The third-order valence-electron chi connectivity index (χ3n) is 2.59. The second kappa shape index (κ2) is 15.9. The first kappa shape index (κ1) is 24.3. The molecule has 0 heterocycles. The minimum Gasteiger partial charge on any atom is -0.181 e. The standard InChI is InChI=1S/3C7H7.Mo.W/c3*1-7-5-3-2-4-6-7;;/h3*2-5H,1H3;;/q3*-1;;. The van der Waals surface area contributed by atoms with Gasteiger partial charge in [0.25, 0.3) is 0 Å². The van der Waals surface area contributed by atoms with Crippen LogP contribution in [0.25, 0.3) is 0 Å². The van der Waals surface area contributed by atoms with Gasteiger partial charge < -0.3 is 0 Å². The van der Waals surface area contributed by atoms with Gasteiger partial charge >= 0.3 is 0 Å². The molecule has 0 N–H and O–H groups in total. The third kappa shape index (κ3) is 14.4. The number of benzene rings is 3.